The second-order valence-electron chi connectivity index (χ2n) is 4.15. The zero-order valence-corrected chi connectivity index (χ0v) is 10.7. The maximum Gasteiger partial charge on any atom is 0.181 e. The molecule has 0 saturated heterocycles. The molecule has 2 aromatic rings. The Balaban J connectivity index is 2.12. The number of hydrogen-bond donors (Lipinski definition) is 1. The van der Waals surface area contributed by atoms with Crippen molar-refractivity contribution in [2.45, 2.75) is 19.4 Å². The smallest absolute Gasteiger partial charge is 0.181 e. The number of oxazole rings is 1. The first kappa shape index (κ1) is 12.6. The molecule has 18 heavy (non-hydrogen) atoms. The standard InChI is InChI=1S/C14H18N2O2/c1-3-12(9-17-2)16-13-6-4-5-11(7-13)14-8-15-10-18-14/h4-8,10,12,16H,3,9H2,1-2H3. The molecule has 1 unspecified atom stereocenters. The molecule has 0 spiro atoms. The van der Waals surface area contributed by atoms with Crippen LogP contribution in [0.1, 0.15) is 13.3 Å². The zero-order chi connectivity index (χ0) is 12.8. The average Bonchev–Trinajstić information content (AvgIpc) is 2.92. The molecule has 1 heterocycles. The molecule has 0 aliphatic heterocycles. The van der Waals surface area contributed by atoms with Gasteiger partial charge in [-0.1, -0.05) is 19.1 Å². The van der Waals surface area contributed by atoms with Crippen LogP contribution < -0.4 is 5.32 Å². The summed E-state index contributed by atoms with van der Waals surface area (Å²) in [6, 6.07) is 8.42. The fourth-order valence-corrected chi connectivity index (χ4v) is 1.82. The van der Waals surface area contributed by atoms with E-state index in [0.29, 0.717) is 12.6 Å². The van der Waals surface area contributed by atoms with Crippen molar-refractivity contribution in [3.05, 3.63) is 36.9 Å². The van der Waals surface area contributed by atoms with Gasteiger partial charge in [-0.25, -0.2) is 4.98 Å². The van der Waals surface area contributed by atoms with Crippen LogP contribution >= 0.6 is 0 Å². The highest BCUT2D eigenvalue weighted by Crippen LogP contribution is 2.22. The molecule has 0 aliphatic carbocycles. The topological polar surface area (TPSA) is 47.3 Å². The van der Waals surface area contributed by atoms with Gasteiger partial charge in [0.15, 0.2) is 12.2 Å². The lowest BCUT2D eigenvalue weighted by atomic mass is 10.1. The molecule has 1 aromatic carbocycles. The third-order valence-corrected chi connectivity index (χ3v) is 2.81. The van der Waals surface area contributed by atoms with E-state index in [1.54, 1.807) is 13.3 Å². The first-order valence-corrected chi connectivity index (χ1v) is 6.08. The molecule has 4 nitrogen and oxygen atoms in total. The van der Waals surface area contributed by atoms with Gasteiger partial charge in [-0.05, 0) is 18.6 Å². The van der Waals surface area contributed by atoms with Gasteiger partial charge in [-0.3, -0.25) is 0 Å². The van der Waals surface area contributed by atoms with Crippen molar-refractivity contribution < 1.29 is 9.15 Å². The average molecular weight is 246 g/mol. The Kier molecular flexibility index (Phi) is 4.36. The summed E-state index contributed by atoms with van der Waals surface area (Å²) < 4.78 is 10.5. The van der Waals surface area contributed by atoms with E-state index in [9.17, 15) is 0 Å². The fourth-order valence-electron chi connectivity index (χ4n) is 1.82. The van der Waals surface area contributed by atoms with E-state index in [2.05, 4.69) is 23.3 Å². The Labute approximate surface area is 107 Å². The van der Waals surface area contributed by atoms with Crippen molar-refractivity contribution in [3.63, 3.8) is 0 Å². The van der Waals surface area contributed by atoms with E-state index in [0.717, 1.165) is 23.4 Å². The SMILES string of the molecule is CCC(COC)Nc1cccc(-c2cnco2)c1. The number of methoxy groups -OCH3 is 1. The van der Waals surface area contributed by atoms with Crippen LogP contribution in [-0.4, -0.2) is 24.7 Å². The van der Waals surface area contributed by atoms with E-state index < -0.39 is 0 Å². The molecule has 1 aromatic heterocycles. The molecule has 1 N–H and O–H groups in total. The number of rotatable bonds is 6. The summed E-state index contributed by atoms with van der Waals surface area (Å²) in [6.07, 6.45) is 4.17. The first-order chi connectivity index (χ1) is 8.83. The molecule has 96 valence electrons. The maximum atomic E-state index is 5.29. The molecular weight excluding hydrogens is 228 g/mol. The van der Waals surface area contributed by atoms with Crippen LogP contribution in [0, 0.1) is 0 Å². The normalized spacial score (nSPS) is 12.3. The molecule has 0 aliphatic rings. The predicted octanol–water partition coefficient (Wildman–Crippen LogP) is 3.18. The highest BCUT2D eigenvalue weighted by Gasteiger charge is 2.07. The number of ether oxygens (including phenoxy) is 1. The first-order valence-electron chi connectivity index (χ1n) is 6.08. The van der Waals surface area contributed by atoms with Gasteiger partial charge in [0.05, 0.1) is 12.8 Å². The van der Waals surface area contributed by atoms with Crippen LogP contribution in [0.4, 0.5) is 5.69 Å². The van der Waals surface area contributed by atoms with Crippen LogP contribution in [0.5, 0.6) is 0 Å². The van der Waals surface area contributed by atoms with Crippen LogP contribution in [0.3, 0.4) is 0 Å². The maximum absolute atomic E-state index is 5.29. The van der Waals surface area contributed by atoms with Crippen molar-refractivity contribution in [2.24, 2.45) is 0 Å². The van der Waals surface area contributed by atoms with Crippen molar-refractivity contribution >= 4 is 5.69 Å². The highest BCUT2D eigenvalue weighted by molar-refractivity contribution is 5.63. The van der Waals surface area contributed by atoms with Gasteiger partial charge in [0.2, 0.25) is 0 Å². The predicted molar refractivity (Wildman–Crippen MR) is 71.5 cm³/mol. The number of benzene rings is 1. The minimum absolute atomic E-state index is 0.319. The Morgan fingerprint density at radius 2 is 2.33 bits per heavy atom. The van der Waals surface area contributed by atoms with Crippen molar-refractivity contribution in [3.8, 4) is 11.3 Å². The number of anilines is 1. The van der Waals surface area contributed by atoms with Crippen molar-refractivity contribution in [2.75, 3.05) is 19.0 Å². The van der Waals surface area contributed by atoms with E-state index >= 15 is 0 Å². The second kappa shape index (κ2) is 6.21. The molecule has 4 heteroatoms. The summed E-state index contributed by atoms with van der Waals surface area (Å²) >= 11 is 0. The lowest BCUT2D eigenvalue weighted by Gasteiger charge is -2.17. The molecule has 0 fully saturated rings. The number of aromatic nitrogens is 1. The third-order valence-electron chi connectivity index (χ3n) is 2.81. The fraction of sp³-hybridized carbons (Fsp3) is 0.357. The minimum Gasteiger partial charge on any atom is -0.444 e. The summed E-state index contributed by atoms with van der Waals surface area (Å²) in [6.45, 7) is 2.83. The Morgan fingerprint density at radius 1 is 1.44 bits per heavy atom. The molecule has 0 saturated carbocycles. The van der Waals surface area contributed by atoms with Gasteiger partial charge in [0.25, 0.3) is 0 Å². The van der Waals surface area contributed by atoms with E-state index in [-0.39, 0.29) is 0 Å². The van der Waals surface area contributed by atoms with Crippen LogP contribution in [0.2, 0.25) is 0 Å². The van der Waals surface area contributed by atoms with Crippen LogP contribution in [-0.2, 0) is 4.74 Å². The van der Waals surface area contributed by atoms with Gasteiger partial charge in [-0.15, -0.1) is 0 Å². The molecular formula is C14H18N2O2. The quantitative estimate of drug-likeness (QED) is 0.850. The minimum atomic E-state index is 0.319. The molecule has 2 rings (SSSR count). The van der Waals surface area contributed by atoms with E-state index in [4.69, 9.17) is 9.15 Å². The Bertz CT molecular complexity index is 468. The van der Waals surface area contributed by atoms with Gasteiger partial charge < -0.3 is 14.5 Å². The highest BCUT2D eigenvalue weighted by atomic mass is 16.5. The lowest BCUT2D eigenvalue weighted by Crippen LogP contribution is -2.23. The van der Waals surface area contributed by atoms with Gasteiger partial charge in [0, 0.05) is 24.4 Å². The number of hydrogen-bond acceptors (Lipinski definition) is 4. The Hall–Kier alpha value is -1.81. The van der Waals surface area contributed by atoms with Crippen LogP contribution in [0.15, 0.2) is 41.3 Å². The molecule has 0 amide bonds. The molecule has 1 atom stereocenters. The number of nitrogens with one attached hydrogen (secondary N) is 1. The molecule has 0 radical (unpaired) electrons. The van der Waals surface area contributed by atoms with Crippen LogP contribution in [0.25, 0.3) is 11.3 Å². The summed E-state index contributed by atoms with van der Waals surface area (Å²) in [5.74, 6) is 0.776. The monoisotopic (exact) mass is 246 g/mol. The number of nitrogens with zero attached hydrogens (tertiary/aromatic N) is 1. The van der Waals surface area contributed by atoms with Crippen molar-refractivity contribution in [1.82, 2.24) is 4.98 Å². The third kappa shape index (κ3) is 3.11. The van der Waals surface area contributed by atoms with Gasteiger partial charge >= 0.3 is 0 Å². The van der Waals surface area contributed by atoms with Gasteiger partial charge in [-0.2, -0.15) is 0 Å². The van der Waals surface area contributed by atoms with Crippen molar-refractivity contribution in [1.29, 1.82) is 0 Å². The lowest BCUT2D eigenvalue weighted by molar-refractivity contribution is 0.184. The molecule has 0 bridgehead atoms. The Morgan fingerprint density at radius 3 is 3.00 bits per heavy atom. The summed E-state index contributed by atoms with van der Waals surface area (Å²) in [5.41, 5.74) is 2.08. The largest absolute Gasteiger partial charge is 0.444 e. The summed E-state index contributed by atoms with van der Waals surface area (Å²) in [4.78, 5) is 3.93. The zero-order valence-electron chi connectivity index (χ0n) is 10.7. The van der Waals surface area contributed by atoms with E-state index in [1.807, 2.05) is 18.2 Å². The summed E-state index contributed by atoms with van der Waals surface area (Å²) in [5, 5.41) is 3.44. The summed E-state index contributed by atoms with van der Waals surface area (Å²) in [7, 11) is 1.72. The van der Waals surface area contributed by atoms with Gasteiger partial charge in [0.1, 0.15) is 0 Å². The second-order valence-corrected chi connectivity index (χ2v) is 4.15. The van der Waals surface area contributed by atoms with E-state index in [1.165, 1.54) is 6.39 Å².